The third kappa shape index (κ3) is 14.0. The van der Waals surface area contributed by atoms with Gasteiger partial charge in [-0.1, -0.05) is 168 Å². The van der Waals surface area contributed by atoms with E-state index < -0.39 is 0 Å². The molecule has 0 radical (unpaired) electrons. The molecule has 3 heterocycles. The van der Waals surface area contributed by atoms with Crippen molar-refractivity contribution in [1.29, 1.82) is 5.41 Å². The van der Waals surface area contributed by atoms with Gasteiger partial charge < -0.3 is 0 Å². The van der Waals surface area contributed by atoms with E-state index in [1.807, 2.05) is 0 Å². The van der Waals surface area contributed by atoms with Crippen LogP contribution in [0.3, 0.4) is 0 Å². The summed E-state index contributed by atoms with van der Waals surface area (Å²) in [6.07, 6.45) is 40.2. The van der Waals surface area contributed by atoms with Gasteiger partial charge in [-0.3, -0.25) is 5.41 Å². The highest BCUT2D eigenvalue weighted by Gasteiger charge is 2.29. The average molecular weight is 831 g/mol. The standard InChI is InChI=1S/C48H70N4S4/c1-3-5-7-9-11-13-15-17-19-21-23-25-27-29-37-31-43(54-35-37)41-33-40-39(46(50-53)45(41)49)34-42(48-47(40)51-56-52-48)44-32-38(36-55-44)30-28-26-24-22-20-18-16-14-12-10-8-6-4-2/h31-36,49,53H,3-30H2,1-2H3/b49-45?,50-46-. The van der Waals surface area contributed by atoms with Crippen LogP contribution in [0.15, 0.2) is 33.4 Å². The largest absolute Gasteiger partial charge is 0.298 e. The van der Waals surface area contributed by atoms with Gasteiger partial charge in [-0.2, -0.15) is 8.75 Å². The molecule has 1 aromatic carbocycles. The van der Waals surface area contributed by atoms with Gasteiger partial charge in [0.1, 0.15) is 16.7 Å². The molecule has 306 valence electrons. The summed E-state index contributed by atoms with van der Waals surface area (Å²) in [6, 6.07) is 6.83. The van der Waals surface area contributed by atoms with Crippen LogP contribution in [0.2, 0.25) is 0 Å². The zero-order valence-corrected chi connectivity index (χ0v) is 38.1. The Kier molecular flexibility index (Phi) is 20.9. The number of benzene rings is 1. The lowest BCUT2D eigenvalue weighted by Crippen LogP contribution is -2.20. The number of unbranched alkanes of at least 4 members (excludes halogenated alkanes) is 24. The summed E-state index contributed by atoms with van der Waals surface area (Å²) in [6.45, 7) is 4.58. The highest BCUT2D eigenvalue weighted by Crippen LogP contribution is 2.41. The van der Waals surface area contributed by atoms with Crippen molar-refractivity contribution >= 4 is 81.3 Å². The molecule has 0 saturated carbocycles. The number of nitrogens with one attached hydrogen (secondary N) is 1. The number of hydrogen-bond acceptors (Lipinski definition) is 8. The van der Waals surface area contributed by atoms with Gasteiger partial charge >= 0.3 is 0 Å². The smallest absolute Gasteiger partial charge is 0.114 e. The van der Waals surface area contributed by atoms with Crippen molar-refractivity contribution in [3.05, 3.63) is 56.1 Å². The van der Waals surface area contributed by atoms with Crippen molar-refractivity contribution in [2.24, 2.45) is 4.40 Å². The molecule has 8 heteroatoms. The number of hydrogen-bond donors (Lipinski definition) is 2. The summed E-state index contributed by atoms with van der Waals surface area (Å²) in [5.74, 6) is 0. The number of aromatic nitrogens is 2. The van der Waals surface area contributed by atoms with Crippen LogP contribution >= 0.6 is 47.2 Å². The van der Waals surface area contributed by atoms with Gasteiger partial charge in [0.2, 0.25) is 0 Å². The zero-order chi connectivity index (χ0) is 39.2. The normalized spacial score (nSPS) is 13.7. The van der Waals surface area contributed by atoms with Crippen LogP contribution in [0.5, 0.6) is 0 Å². The predicted octanol–water partition coefficient (Wildman–Crippen LogP) is 17.0. The first-order chi connectivity index (χ1) is 27.6. The minimum Gasteiger partial charge on any atom is -0.298 e. The topological polar surface area (TPSA) is 62.0 Å². The van der Waals surface area contributed by atoms with Gasteiger partial charge in [0.15, 0.2) is 0 Å². The Hall–Kier alpha value is -2.13. The summed E-state index contributed by atoms with van der Waals surface area (Å²) in [5, 5.41) is 13.9. The maximum absolute atomic E-state index is 9.27. The maximum atomic E-state index is 9.27. The molecule has 0 atom stereocenters. The van der Waals surface area contributed by atoms with E-state index in [1.165, 1.54) is 195 Å². The average Bonchev–Trinajstić information content (AvgIpc) is 4.00. The van der Waals surface area contributed by atoms with Crippen LogP contribution in [-0.2, 0) is 12.8 Å². The monoisotopic (exact) mass is 830 g/mol. The van der Waals surface area contributed by atoms with Crippen molar-refractivity contribution in [2.75, 3.05) is 0 Å². The van der Waals surface area contributed by atoms with E-state index >= 15 is 0 Å². The van der Waals surface area contributed by atoms with Gasteiger partial charge in [-0.25, -0.2) is 4.40 Å². The third-order valence-electron chi connectivity index (χ3n) is 11.7. The van der Waals surface area contributed by atoms with Crippen LogP contribution in [0.25, 0.3) is 33.1 Å². The molecule has 0 fully saturated rings. The molecule has 0 bridgehead atoms. The van der Waals surface area contributed by atoms with E-state index in [-0.39, 0.29) is 0 Å². The Bertz CT molecular complexity index is 1790. The van der Waals surface area contributed by atoms with E-state index in [9.17, 15) is 5.41 Å². The van der Waals surface area contributed by atoms with Gasteiger partial charge in [0.25, 0.3) is 0 Å². The van der Waals surface area contributed by atoms with Crippen LogP contribution in [-0.4, -0.2) is 20.2 Å². The van der Waals surface area contributed by atoms with E-state index in [4.69, 9.17) is 8.75 Å². The van der Waals surface area contributed by atoms with Crippen LogP contribution in [0.1, 0.15) is 208 Å². The molecule has 4 nitrogen and oxygen atoms in total. The Morgan fingerprint density at radius 1 is 0.536 bits per heavy atom. The minimum absolute atomic E-state index is 0.435. The number of nitrogens with zero attached hydrogens (tertiary/aromatic N) is 3. The summed E-state index contributed by atoms with van der Waals surface area (Å²) in [5.41, 5.74) is 9.61. The zero-order valence-electron chi connectivity index (χ0n) is 34.8. The van der Waals surface area contributed by atoms with Crippen LogP contribution < -0.4 is 0 Å². The van der Waals surface area contributed by atoms with Crippen molar-refractivity contribution in [3.63, 3.8) is 0 Å². The fraction of sp³-hybridized carbons (Fsp3) is 0.625. The maximum Gasteiger partial charge on any atom is 0.114 e. The highest BCUT2D eigenvalue weighted by molar-refractivity contribution is 7.79. The third-order valence-corrected chi connectivity index (χ3v) is 14.5. The van der Waals surface area contributed by atoms with Crippen molar-refractivity contribution < 1.29 is 0 Å². The van der Waals surface area contributed by atoms with Crippen molar-refractivity contribution in [1.82, 2.24) is 8.75 Å². The number of rotatable bonds is 30. The number of fused-ring (bicyclic) bond motifs is 3. The van der Waals surface area contributed by atoms with Crippen molar-refractivity contribution in [3.8, 4) is 10.4 Å². The fourth-order valence-corrected chi connectivity index (χ4v) is 11.0. The quantitative estimate of drug-likeness (QED) is 0.0406. The van der Waals surface area contributed by atoms with Gasteiger partial charge in [0.05, 0.1) is 17.4 Å². The fourth-order valence-electron chi connectivity index (χ4n) is 8.26. The predicted molar refractivity (Wildman–Crippen MR) is 255 cm³/mol. The summed E-state index contributed by atoms with van der Waals surface area (Å²) in [4.78, 5) is 2.34. The highest BCUT2D eigenvalue weighted by atomic mass is 32.1. The SMILES string of the molecule is CCCCCCCCCCCCCCCc1csc(C2=Cc3c(cc(-c4cc(CCCCCCCCCCCCCCC)cs4)c4nsnc34)/C(=N/S)C2=N)c1. The molecular formula is C48H70N4S4. The van der Waals surface area contributed by atoms with Gasteiger partial charge in [-0.15, -0.1) is 22.7 Å². The molecule has 0 amide bonds. The molecular weight excluding hydrogens is 761 g/mol. The second-order valence-corrected chi connectivity index (χ2v) is 18.9. The first-order valence-electron chi connectivity index (χ1n) is 22.6. The van der Waals surface area contributed by atoms with Gasteiger partial charge in [0, 0.05) is 32.0 Å². The molecule has 0 saturated heterocycles. The first-order valence-corrected chi connectivity index (χ1v) is 25.5. The lowest BCUT2D eigenvalue weighted by molar-refractivity contribution is 0.539. The molecule has 0 spiro atoms. The Morgan fingerprint density at radius 2 is 0.964 bits per heavy atom. The molecule has 1 aliphatic rings. The molecule has 1 N–H and O–H groups in total. The van der Waals surface area contributed by atoms with Crippen LogP contribution in [0.4, 0.5) is 0 Å². The molecule has 0 unspecified atom stereocenters. The number of thiophene rings is 2. The number of thiol groups is 1. The molecule has 0 aliphatic heterocycles. The second-order valence-electron chi connectivity index (χ2n) is 16.4. The first kappa shape index (κ1) is 45.0. The van der Waals surface area contributed by atoms with E-state index in [1.54, 1.807) is 22.7 Å². The number of allylic oxidation sites excluding steroid dienone is 1. The Labute approximate surface area is 357 Å². The summed E-state index contributed by atoms with van der Waals surface area (Å²) < 4.78 is 14.0. The number of aryl methyl sites for hydroxylation is 2. The minimum atomic E-state index is 0.435. The van der Waals surface area contributed by atoms with E-state index in [0.717, 1.165) is 51.0 Å². The summed E-state index contributed by atoms with van der Waals surface area (Å²) >= 11 is 9.22. The Balaban J connectivity index is 1.09. The molecule has 4 aromatic rings. The van der Waals surface area contributed by atoms with Crippen molar-refractivity contribution in [2.45, 2.75) is 194 Å². The summed E-state index contributed by atoms with van der Waals surface area (Å²) in [7, 11) is 0. The van der Waals surface area contributed by atoms with E-state index in [0.29, 0.717) is 11.4 Å². The molecule has 5 rings (SSSR count). The Morgan fingerprint density at radius 3 is 1.45 bits per heavy atom. The second kappa shape index (κ2) is 26.1. The van der Waals surface area contributed by atoms with E-state index in [2.05, 4.69) is 66.1 Å². The molecule has 3 aromatic heterocycles. The molecule has 1 aliphatic carbocycles. The lowest BCUT2D eigenvalue weighted by atomic mass is 9.85. The van der Waals surface area contributed by atoms with Gasteiger partial charge in [-0.05, 0) is 84.7 Å². The lowest BCUT2D eigenvalue weighted by Gasteiger charge is -2.20. The molecule has 56 heavy (non-hydrogen) atoms. The van der Waals surface area contributed by atoms with Crippen LogP contribution in [0, 0.1) is 5.41 Å².